The van der Waals surface area contributed by atoms with E-state index < -0.39 is 6.10 Å². The number of H-pyrrole nitrogens is 1. The number of aromatic amines is 1. The highest BCUT2D eigenvalue weighted by Crippen LogP contribution is 2.37. The van der Waals surface area contributed by atoms with Gasteiger partial charge in [0.05, 0.1) is 6.10 Å². The molecule has 24 heavy (non-hydrogen) atoms. The Kier molecular flexibility index (Phi) is 3.68. The number of rotatable bonds is 4. The summed E-state index contributed by atoms with van der Waals surface area (Å²) < 4.78 is 18.7. The molecule has 4 rings (SSSR count). The van der Waals surface area contributed by atoms with Gasteiger partial charge in [0.25, 0.3) is 6.01 Å². The maximum absolute atomic E-state index is 13.2. The van der Waals surface area contributed by atoms with E-state index in [1.54, 1.807) is 6.07 Å². The Hall–Kier alpha value is -2.48. The molecule has 0 spiro atoms. The van der Waals surface area contributed by atoms with Crippen LogP contribution < -0.4 is 5.32 Å². The highest BCUT2D eigenvalue weighted by molar-refractivity contribution is 5.74. The van der Waals surface area contributed by atoms with E-state index in [0.29, 0.717) is 30.1 Å². The van der Waals surface area contributed by atoms with E-state index in [1.807, 2.05) is 6.92 Å². The average Bonchev–Trinajstić information content (AvgIpc) is 3.23. The Balaban J connectivity index is 1.41. The second-order valence-corrected chi connectivity index (χ2v) is 6.29. The second kappa shape index (κ2) is 5.86. The number of nitrogens with one attached hydrogen (secondary N) is 2. The van der Waals surface area contributed by atoms with Crippen LogP contribution in [-0.2, 0) is 0 Å². The number of benzene rings is 1. The monoisotopic (exact) mass is 331 g/mol. The smallest absolute Gasteiger partial charge is 0.295 e. The number of aryl methyl sites for hydroxylation is 1. The second-order valence-electron chi connectivity index (χ2n) is 6.29. The first-order valence-electron chi connectivity index (χ1n) is 7.95. The van der Waals surface area contributed by atoms with Crippen molar-refractivity contribution in [3.8, 4) is 0 Å². The Morgan fingerprint density at radius 2 is 2.25 bits per heavy atom. The van der Waals surface area contributed by atoms with Crippen LogP contribution in [0.5, 0.6) is 0 Å². The Labute approximate surface area is 137 Å². The summed E-state index contributed by atoms with van der Waals surface area (Å²) in [7, 11) is 0. The molecule has 0 amide bonds. The molecule has 3 N–H and O–H groups in total. The van der Waals surface area contributed by atoms with Gasteiger partial charge in [0.1, 0.15) is 17.2 Å². The van der Waals surface area contributed by atoms with Gasteiger partial charge in [0.2, 0.25) is 0 Å². The van der Waals surface area contributed by atoms with Crippen LogP contribution in [0.4, 0.5) is 10.4 Å². The molecule has 1 saturated carbocycles. The van der Waals surface area contributed by atoms with Gasteiger partial charge in [-0.05, 0) is 31.9 Å². The van der Waals surface area contributed by atoms with Crippen molar-refractivity contribution < 1.29 is 13.9 Å². The number of nitrogens with zero attached hydrogens (tertiary/aromatic N) is 3. The number of fused-ring (bicyclic) bond motifs is 1. The van der Waals surface area contributed by atoms with Gasteiger partial charge < -0.3 is 14.8 Å². The molecule has 2 heterocycles. The minimum atomic E-state index is -0.428. The summed E-state index contributed by atoms with van der Waals surface area (Å²) in [6.07, 6.45) is 1.01. The molecular weight excluding hydrogens is 313 g/mol. The molecule has 8 heteroatoms. The lowest BCUT2D eigenvalue weighted by Crippen LogP contribution is -2.21. The fourth-order valence-corrected chi connectivity index (χ4v) is 3.27. The van der Waals surface area contributed by atoms with Gasteiger partial charge in [-0.1, -0.05) is 0 Å². The zero-order valence-corrected chi connectivity index (χ0v) is 13.2. The maximum atomic E-state index is 13.2. The Morgan fingerprint density at radius 3 is 3.04 bits per heavy atom. The molecule has 3 atom stereocenters. The molecule has 3 aromatic rings. The molecule has 0 unspecified atom stereocenters. The summed E-state index contributed by atoms with van der Waals surface area (Å²) in [5, 5.41) is 20.4. The summed E-state index contributed by atoms with van der Waals surface area (Å²) in [5.74, 6) is 1.39. The lowest BCUT2D eigenvalue weighted by Gasteiger charge is -2.13. The van der Waals surface area contributed by atoms with Gasteiger partial charge in [0, 0.05) is 24.4 Å². The van der Waals surface area contributed by atoms with Crippen molar-refractivity contribution in [1.29, 1.82) is 0 Å². The normalized spacial score (nSPS) is 23.9. The molecular formula is C16H18FN5O2. The van der Waals surface area contributed by atoms with E-state index in [2.05, 4.69) is 25.5 Å². The maximum Gasteiger partial charge on any atom is 0.295 e. The van der Waals surface area contributed by atoms with Crippen molar-refractivity contribution in [3.63, 3.8) is 0 Å². The molecule has 1 aliphatic rings. The van der Waals surface area contributed by atoms with Crippen LogP contribution in [0.3, 0.4) is 0 Å². The van der Waals surface area contributed by atoms with E-state index >= 15 is 0 Å². The van der Waals surface area contributed by atoms with Gasteiger partial charge >= 0.3 is 0 Å². The van der Waals surface area contributed by atoms with E-state index in [0.717, 1.165) is 18.1 Å². The van der Waals surface area contributed by atoms with E-state index in [1.165, 1.54) is 12.1 Å². The Bertz CT molecular complexity index is 861. The van der Waals surface area contributed by atoms with E-state index in [4.69, 9.17) is 4.42 Å². The van der Waals surface area contributed by atoms with E-state index in [-0.39, 0.29) is 17.7 Å². The number of anilines is 1. The lowest BCUT2D eigenvalue weighted by atomic mass is 10.0. The molecule has 2 aromatic heterocycles. The first-order chi connectivity index (χ1) is 11.6. The van der Waals surface area contributed by atoms with Gasteiger partial charge in [-0.2, -0.15) is 10.1 Å². The third kappa shape index (κ3) is 2.84. The lowest BCUT2D eigenvalue weighted by molar-refractivity contribution is 0.137. The summed E-state index contributed by atoms with van der Waals surface area (Å²) in [4.78, 5) is 8.56. The largest absolute Gasteiger partial charge is 0.424 e. The molecule has 1 fully saturated rings. The standard InChI is InChI=1S/C16H18FN5O2/c1-8-19-15(22-21-8)9-4-10(13(23)5-9)7-18-16-20-12-6-11(17)2-3-14(12)24-16/h2-3,6,9-10,13,23H,4-5,7H2,1H3,(H,18,20)(H,19,21,22)/t9-,10+,13+/m0/s1. The fraction of sp³-hybridized carbons (Fsp3) is 0.438. The minimum Gasteiger partial charge on any atom is -0.424 e. The van der Waals surface area contributed by atoms with Crippen molar-refractivity contribution in [1.82, 2.24) is 20.2 Å². The van der Waals surface area contributed by atoms with Crippen molar-refractivity contribution in [3.05, 3.63) is 35.7 Å². The number of aromatic nitrogens is 4. The quantitative estimate of drug-likeness (QED) is 0.679. The predicted octanol–water partition coefficient (Wildman–Crippen LogP) is 2.36. The number of aliphatic hydroxyl groups excluding tert-OH is 1. The van der Waals surface area contributed by atoms with Gasteiger partial charge in [-0.25, -0.2) is 9.37 Å². The molecule has 0 radical (unpaired) electrons. The number of aliphatic hydroxyl groups is 1. The SMILES string of the molecule is Cc1nc([C@H]2C[C@H](CNc3nc4cc(F)ccc4o3)[C@H](O)C2)n[nH]1. The van der Waals surface area contributed by atoms with Crippen LogP contribution in [0.1, 0.15) is 30.4 Å². The minimum absolute atomic E-state index is 0.0561. The van der Waals surface area contributed by atoms with Crippen LogP contribution in [0.25, 0.3) is 11.1 Å². The number of hydrogen-bond acceptors (Lipinski definition) is 6. The van der Waals surface area contributed by atoms with Crippen LogP contribution in [0.2, 0.25) is 0 Å². The molecule has 126 valence electrons. The van der Waals surface area contributed by atoms with Crippen LogP contribution in [-0.4, -0.2) is 37.9 Å². The molecule has 1 aliphatic carbocycles. The topological polar surface area (TPSA) is 99.9 Å². The molecule has 0 bridgehead atoms. The summed E-state index contributed by atoms with van der Waals surface area (Å²) in [6, 6.07) is 4.55. The first-order valence-corrected chi connectivity index (χ1v) is 7.95. The van der Waals surface area contributed by atoms with Crippen LogP contribution in [0, 0.1) is 18.7 Å². The van der Waals surface area contributed by atoms with Crippen molar-refractivity contribution in [2.45, 2.75) is 31.8 Å². The first kappa shape index (κ1) is 15.1. The molecule has 7 nitrogen and oxygen atoms in total. The zero-order valence-electron chi connectivity index (χ0n) is 13.2. The predicted molar refractivity (Wildman–Crippen MR) is 85.0 cm³/mol. The van der Waals surface area contributed by atoms with E-state index in [9.17, 15) is 9.50 Å². The Morgan fingerprint density at radius 1 is 1.38 bits per heavy atom. The van der Waals surface area contributed by atoms with Crippen molar-refractivity contribution in [2.24, 2.45) is 5.92 Å². The summed E-state index contributed by atoms with van der Waals surface area (Å²) >= 11 is 0. The van der Waals surface area contributed by atoms with Crippen molar-refractivity contribution >= 4 is 17.1 Å². The van der Waals surface area contributed by atoms with Gasteiger partial charge in [-0.3, -0.25) is 5.10 Å². The fourth-order valence-electron chi connectivity index (χ4n) is 3.27. The van der Waals surface area contributed by atoms with Crippen molar-refractivity contribution in [2.75, 3.05) is 11.9 Å². The summed E-state index contributed by atoms with van der Waals surface area (Å²) in [6.45, 7) is 2.38. The molecule has 0 saturated heterocycles. The third-order valence-electron chi connectivity index (χ3n) is 4.50. The number of hydrogen-bond donors (Lipinski definition) is 3. The summed E-state index contributed by atoms with van der Waals surface area (Å²) in [5.41, 5.74) is 0.999. The molecule has 0 aliphatic heterocycles. The third-order valence-corrected chi connectivity index (χ3v) is 4.50. The highest BCUT2D eigenvalue weighted by atomic mass is 19.1. The number of oxazole rings is 1. The van der Waals surface area contributed by atoms with Crippen LogP contribution >= 0.6 is 0 Å². The van der Waals surface area contributed by atoms with Crippen LogP contribution in [0.15, 0.2) is 22.6 Å². The highest BCUT2D eigenvalue weighted by Gasteiger charge is 2.35. The zero-order chi connectivity index (χ0) is 16.7. The average molecular weight is 331 g/mol. The molecule has 1 aromatic carbocycles. The van der Waals surface area contributed by atoms with Gasteiger partial charge in [0.15, 0.2) is 11.4 Å². The van der Waals surface area contributed by atoms with Gasteiger partial charge in [-0.15, -0.1) is 0 Å². The number of halogens is 1.